The molecule has 2 N–H and O–H groups in total. The average molecular weight is 345 g/mol. The minimum Gasteiger partial charge on any atom is -0.329 e. The van der Waals surface area contributed by atoms with Gasteiger partial charge in [0.1, 0.15) is 4.90 Å². The maximum Gasteiger partial charge on any atom is 0.246 e. The molecule has 1 aromatic heterocycles. The molecule has 0 aliphatic carbocycles. The maximum atomic E-state index is 12.4. The molecule has 0 aliphatic heterocycles. The molecular formula is C14H21ClN4O2S. The van der Waals surface area contributed by atoms with Gasteiger partial charge in [-0.25, -0.2) is 8.42 Å². The van der Waals surface area contributed by atoms with E-state index in [1.165, 1.54) is 17.5 Å². The molecule has 22 heavy (non-hydrogen) atoms. The van der Waals surface area contributed by atoms with Crippen molar-refractivity contribution in [1.82, 2.24) is 14.1 Å². The zero-order chi connectivity index (χ0) is 15.5. The van der Waals surface area contributed by atoms with Gasteiger partial charge in [0.05, 0.1) is 12.7 Å². The van der Waals surface area contributed by atoms with E-state index in [-0.39, 0.29) is 29.9 Å². The molecule has 8 heteroatoms. The lowest BCUT2D eigenvalue weighted by Gasteiger charge is -2.21. The normalized spacial score (nSPS) is 12.9. The highest BCUT2D eigenvalue weighted by molar-refractivity contribution is 7.89. The average Bonchev–Trinajstić information content (AvgIpc) is 2.96. The first-order valence-electron chi connectivity index (χ1n) is 6.69. The van der Waals surface area contributed by atoms with Crippen molar-refractivity contribution >= 4 is 22.4 Å². The van der Waals surface area contributed by atoms with E-state index in [0.29, 0.717) is 6.54 Å². The number of benzene rings is 1. The van der Waals surface area contributed by atoms with Crippen molar-refractivity contribution in [2.45, 2.75) is 24.4 Å². The molecule has 6 nitrogen and oxygen atoms in total. The van der Waals surface area contributed by atoms with Gasteiger partial charge >= 0.3 is 0 Å². The van der Waals surface area contributed by atoms with Crippen molar-refractivity contribution in [3.63, 3.8) is 0 Å². The van der Waals surface area contributed by atoms with Crippen LogP contribution in [0.5, 0.6) is 0 Å². The maximum absolute atomic E-state index is 12.4. The van der Waals surface area contributed by atoms with Crippen LogP contribution in [0, 0.1) is 0 Å². The van der Waals surface area contributed by atoms with Gasteiger partial charge in [0.15, 0.2) is 0 Å². The topological polar surface area (TPSA) is 81.2 Å². The molecule has 1 unspecified atom stereocenters. The van der Waals surface area contributed by atoms with E-state index in [9.17, 15) is 8.42 Å². The fourth-order valence-electron chi connectivity index (χ4n) is 1.89. The van der Waals surface area contributed by atoms with E-state index < -0.39 is 10.0 Å². The van der Waals surface area contributed by atoms with Gasteiger partial charge in [0.2, 0.25) is 10.0 Å². The second-order valence-electron chi connectivity index (χ2n) is 4.97. The standard InChI is InChI=1S/C14H20N4O2S.ClH/c1-12(8-15)17(2)21(19,20)14-9-16-18(11-14)10-13-6-4-3-5-7-13;/h3-7,9,11-12H,8,10,15H2,1-2H3;1H. The summed E-state index contributed by atoms with van der Waals surface area (Å²) in [7, 11) is -2.02. The smallest absolute Gasteiger partial charge is 0.246 e. The van der Waals surface area contributed by atoms with Gasteiger partial charge in [0, 0.05) is 25.8 Å². The first-order chi connectivity index (χ1) is 9.95. The van der Waals surface area contributed by atoms with Crippen LogP contribution in [0.4, 0.5) is 0 Å². The molecule has 122 valence electrons. The molecule has 0 radical (unpaired) electrons. The molecular weight excluding hydrogens is 324 g/mol. The molecule has 1 aromatic carbocycles. The quantitative estimate of drug-likeness (QED) is 0.857. The van der Waals surface area contributed by atoms with Crippen molar-refractivity contribution in [3.8, 4) is 0 Å². The van der Waals surface area contributed by atoms with Gasteiger partial charge in [-0.1, -0.05) is 30.3 Å². The fourth-order valence-corrected chi connectivity index (χ4v) is 3.21. The van der Waals surface area contributed by atoms with Crippen LogP contribution in [0.3, 0.4) is 0 Å². The molecule has 2 aromatic rings. The third-order valence-electron chi connectivity index (χ3n) is 3.44. The second-order valence-corrected chi connectivity index (χ2v) is 6.96. The number of nitrogens with zero attached hydrogens (tertiary/aromatic N) is 3. The summed E-state index contributed by atoms with van der Waals surface area (Å²) >= 11 is 0. The van der Waals surface area contributed by atoms with E-state index in [0.717, 1.165) is 5.56 Å². The van der Waals surface area contributed by atoms with Crippen molar-refractivity contribution < 1.29 is 8.42 Å². The lowest BCUT2D eigenvalue weighted by Crippen LogP contribution is -2.39. The summed E-state index contributed by atoms with van der Waals surface area (Å²) in [5.74, 6) is 0. The summed E-state index contributed by atoms with van der Waals surface area (Å²) in [6.45, 7) is 2.58. The SMILES string of the molecule is CC(CN)N(C)S(=O)(=O)c1cnn(Cc2ccccc2)c1.Cl. The number of likely N-dealkylation sites (N-methyl/N-ethyl adjacent to an activating group) is 1. The third-order valence-corrected chi connectivity index (χ3v) is 5.36. The molecule has 2 rings (SSSR count). The first-order valence-corrected chi connectivity index (χ1v) is 8.13. The minimum absolute atomic E-state index is 0. The number of hydrogen-bond acceptors (Lipinski definition) is 4. The Balaban J connectivity index is 0.00000242. The van der Waals surface area contributed by atoms with Gasteiger partial charge in [0.25, 0.3) is 0 Å². The molecule has 0 bridgehead atoms. The Morgan fingerprint density at radius 3 is 2.55 bits per heavy atom. The van der Waals surface area contributed by atoms with Gasteiger partial charge in [-0.05, 0) is 12.5 Å². The Kier molecular flexibility index (Phi) is 6.55. The van der Waals surface area contributed by atoms with Crippen molar-refractivity contribution in [2.75, 3.05) is 13.6 Å². The van der Waals surface area contributed by atoms with Crippen LogP contribution in [0.15, 0.2) is 47.6 Å². The number of halogens is 1. The largest absolute Gasteiger partial charge is 0.329 e. The van der Waals surface area contributed by atoms with Crippen molar-refractivity contribution in [3.05, 3.63) is 48.3 Å². The molecule has 0 amide bonds. The van der Waals surface area contributed by atoms with Crippen LogP contribution >= 0.6 is 12.4 Å². The van der Waals surface area contributed by atoms with E-state index >= 15 is 0 Å². The summed E-state index contributed by atoms with van der Waals surface area (Å²) in [4.78, 5) is 0.182. The van der Waals surface area contributed by atoms with Gasteiger partial charge in [-0.2, -0.15) is 9.40 Å². The van der Waals surface area contributed by atoms with Gasteiger partial charge in [-0.15, -0.1) is 12.4 Å². The van der Waals surface area contributed by atoms with Crippen LogP contribution in [0.1, 0.15) is 12.5 Å². The number of nitrogens with two attached hydrogens (primary N) is 1. The van der Waals surface area contributed by atoms with E-state index in [4.69, 9.17) is 5.73 Å². The van der Waals surface area contributed by atoms with Gasteiger partial charge in [-0.3, -0.25) is 4.68 Å². The predicted octanol–water partition coefficient (Wildman–Crippen LogP) is 1.32. The number of rotatable bonds is 6. The predicted molar refractivity (Wildman–Crippen MR) is 88.5 cm³/mol. The summed E-state index contributed by atoms with van der Waals surface area (Å²) in [5.41, 5.74) is 6.59. The second kappa shape index (κ2) is 7.73. The lowest BCUT2D eigenvalue weighted by atomic mass is 10.2. The Bertz CT molecular complexity index is 688. The number of hydrogen-bond donors (Lipinski definition) is 1. The Labute approximate surface area is 137 Å². The highest BCUT2D eigenvalue weighted by atomic mass is 35.5. The summed E-state index contributed by atoms with van der Waals surface area (Å²) in [5, 5.41) is 4.12. The highest BCUT2D eigenvalue weighted by Crippen LogP contribution is 2.16. The summed E-state index contributed by atoms with van der Waals surface area (Å²) < 4.78 is 27.7. The van der Waals surface area contributed by atoms with Crippen LogP contribution in [-0.4, -0.2) is 42.1 Å². The van der Waals surface area contributed by atoms with Crippen LogP contribution in [0.25, 0.3) is 0 Å². The van der Waals surface area contributed by atoms with Crippen LogP contribution in [0.2, 0.25) is 0 Å². The molecule has 0 saturated heterocycles. The molecule has 0 fully saturated rings. The minimum atomic E-state index is -3.55. The summed E-state index contributed by atoms with van der Waals surface area (Å²) in [6, 6.07) is 9.50. The zero-order valence-corrected chi connectivity index (χ0v) is 14.2. The summed E-state index contributed by atoms with van der Waals surface area (Å²) in [6.07, 6.45) is 2.92. The Morgan fingerprint density at radius 2 is 1.95 bits per heavy atom. The van der Waals surface area contributed by atoms with E-state index in [1.54, 1.807) is 17.8 Å². The lowest BCUT2D eigenvalue weighted by molar-refractivity contribution is 0.394. The molecule has 1 atom stereocenters. The Hall–Kier alpha value is -1.41. The van der Waals surface area contributed by atoms with E-state index in [2.05, 4.69) is 5.10 Å². The Morgan fingerprint density at radius 1 is 1.32 bits per heavy atom. The number of sulfonamides is 1. The van der Waals surface area contributed by atoms with Gasteiger partial charge < -0.3 is 5.73 Å². The molecule has 0 aliphatic rings. The molecule has 0 saturated carbocycles. The van der Waals surface area contributed by atoms with Crippen molar-refractivity contribution in [1.29, 1.82) is 0 Å². The number of aromatic nitrogens is 2. The van der Waals surface area contributed by atoms with E-state index in [1.807, 2.05) is 30.3 Å². The third kappa shape index (κ3) is 4.07. The highest BCUT2D eigenvalue weighted by Gasteiger charge is 2.26. The van der Waals surface area contributed by atoms with Crippen LogP contribution in [-0.2, 0) is 16.6 Å². The fraction of sp³-hybridized carbons (Fsp3) is 0.357. The van der Waals surface area contributed by atoms with Crippen LogP contribution < -0.4 is 5.73 Å². The van der Waals surface area contributed by atoms with Crippen molar-refractivity contribution in [2.24, 2.45) is 5.73 Å². The zero-order valence-electron chi connectivity index (χ0n) is 12.6. The molecule has 1 heterocycles. The molecule has 0 spiro atoms. The monoisotopic (exact) mass is 344 g/mol. The first kappa shape index (κ1) is 18.6.